The lowest BCUT2D eigenvalue weighted by Gasteiger charge is -2.14. The Hall–Kier alpha value is -2.14. The number of benzene rings is 1. The minimum absolute atomic E-state index is 0.0327. The SMILES string of the molecule is Cn1ccc(CCNC(=O)C(CN)c2ccccc2)n1. The Labute approximate surface area is 118 Å². The molecule has 106 valence electrons. The van der Waals surface area contributed by atoms with Crippen molar-refractivity contribution in [2.75, 3.05) is 13.1 Å². The number of hydrogen-bond donors (Lipinski definition) is 2. The molecule has 0 fully saturated rings. The first-order chi connectivity index (χ1) is 9.70. The summed E-state index contributed by atoms with van der Waals surface area (Å²) < 4.78 is 1.75. The Morgan fingerprint density at radius 2 is 2.10 bits per heavy atom. The molecule has 1 unspecified atom stereocenters. The van der Waals surface area contributed by atoms with Crippen LogP contribution in [-0.2, 0) is 18.3 Å². The van der Waals surface area contributed by atoms with Gasteiger partial charge in [0, 0.05) is 32.8 Å². The first-order valence-electron chi connectivity index (χ1n) is 6.72. The molecule has 0 aliphatic carbocycles. The van der Waals surface area contributed by atoms with Crippen LogP contribution in [0.15, 0.2) is 42.6 Å². The number of aromatic nitrogens is 2. The summed E-state index contributed by atoms with van der Waals surface area (Å²) in [4.78, 5) is 12.2. The molecule has 0 saturated heterocycles. The third kappa shape index (κ3) is 3.68. The smallest absolute Gasteiger partial charge is 0.228 e. The molecule has 0 saturated carbocycles. The second-order valence-electron chi connectivity index (χ2n) is 4.72. The van der Waals surface area contributed by atoms with E-state index in [-0.39, 0.29) is 11.8 Å². The number of nitrogens with zero attached hydrogens (tertiary/aromatic N) is 2. The molecule has 0 spiro atoms. The van der Waals surface area contributed by atoms with Crippen LogP contribution in [0.25, 0.3) is 0 Å². The van der Waals surface area contributed by atoms with Gasteiger partial charge in [0.05, 0.1) is 11.6 Å². The van der Waals surface area contributed by atoms with Crippen LogP contribution in [-0.4, -0.2) is 28.8 Å². The number of nitrogens with two attached hydrogens (primary N) is 1. The Kier molecular flexibility index (Phi) is 4.90. The lowest BCUT2D eigenvalue weighted by molar-refractivity contribution is -0.122. The number of carbonyl (C=O) groups excluding carboxylic acids is 1. The van der Waals surface area contributed by atoms with Gasteiger partial charge < -0.3 is 11.1 Å². The van der Waals surface area contributed by atoms with Gasteiger partial charge in [-0.2, -0.15) is 5.10 Å². The highest BCUT2D eigenvalue weighted by molar-refractivity contribution is 5.83. The molecule has 1 aromatic carbocycles. The number of amides is 1. The number of carbonyl (C=O) groups is 1. The van der Waals surface area contributed by atoms with Crippen molar-refractivity contribution in [3.8, 4) is 0 Å². The standard InChI is InChI=1S/C15H20N4O/c1-19-10-8-13(18-19)7-9-17-15(20)14(11-16)12-5-3-2-4-6-12/h2-6,8,10,14H,7,9,11,16H2,1H3,(H,17,20). The van der Waals surface area contributed by atoms with E-state index in [1.807, 2.05) is 49.6 Å². The average molecular weight is 272 g/mol. The molecule has 5 nitrogen and oxygen atoms in total. The molecule has 0 aliphatic heterocycles. The topological polar surface area (TPSA) is 72.9 Å². The van der Waals surface area contributed by atoms with Gasteiger partial charge in [-0.3, -0.25) is 9.48 Å². The minimum Gasteiger partial charge on any atom is -0.355 e. The third-order valence-corrected chi connectivity index (χ3v) is 3.20. The van der Waals surface area contributed by atoms with Crippen molar-refractivity contribution in [3.63, 3.8) is 0 Å². The van der Waals surface area contributed by atoms with Crippen LogP contribution in [0.5, 0.6) is 0 Å². The predicted molar refractivity (Wildman–Crippen MR) is 78.2 cm³/mol. The van der Waals surface area contributed by atoms with E-state index in [9.17, 15) is 4.79 Å². The first kappa shape index (κ1) is 14.3. The van der Waals surface area contributed by atoms with Gasteiger partial charge in [-0.05, 0) is 11.6 Å². The molecular weight excluding hydrogens is 252 g/mol. The molecule has 2 aromatic rings. The van der Waals surface area contributed by atoms with Crippen molar-refractivity contribution in [3.05, 3.63) is 53.9 Å². The minimum atomic E-state index is -0.292. The monoisotopic (exact) mass is 272 g/mol. The van der Waals surface area contributed by atoms with Gasteiger partial charge in [0.25, 0.3) is 0 Å². The normalized spacial score (nSPS) is 12.1. The molecule has 2 rings (SSSR count). The summed E-state index contributed by atoms with van der Waals surface area (Å²) in [5, 5.41) is 7.19. The van der Waals surface area contributed by atoms with Gasteiger partial charge in [0.2, 0.25) is 5.91 Å². The number of aryl methyl sites for hydroxylation is 1. The summed E-state index contributed by atoms with van der Waals surface area (Å²) in [6.45, 7) is 0.874. The Morgan fingerprint density at radius 3 is 2.70 bits per heavy atom. The van der Waals surface area contributed by atoms with Gasteiger partial charge in [-0.25, -0.2) is 0 Å². The van der Waals surface area contributed by atoms with Crippen LogP contribution in [0, 0.1) is 0 Å². The molecule has 20 heavy (non-hydrogen) atoms. The fourth-order valence-electron chi connectivity index (χ4n) is 2.11. The zero-order valence-electron chi connectivity index (χ0n) is 11.6. The number of rotatable bonds is 6. The van der Waals surface area contributed by atoms with Crippen LogP contribution in [0.4, 0.5) is 0 Å². The summed E-state index contributed by atoms with van der Waals surface area (Å²) in [5.74, 6) is -0.324. The molecule has 1 amide bonds. The third-order valence-electron chi connectivity index (χ3n) is 3.20. The Balaban J connectivity index is 1.87. The van der Waals surface area contributed by atoms with E-state index in [0.29, 0.717) is 13.1 Å². The van der Waals surface area contributed by atoms with Crippen LogP contribution in [0.2, 0.25) is 0 Å². The molecule has 0 bridgehead atoms. The van der Waals surface area contributed by atoms with Crippen molar-refractivity contribution in [1.82, 2.24) is 15.1 Å². The second kappa shape index (κ2) is 6.86. The highest BCUT2D eigenvalue weighted by Crippen LogP contribution is 2.13. The molecule has 1 heterocycles. The quantitative estimate of drug-likeness (QED) is 0.817. The van der Waals surface area contributed by atoms with Crippen molar-refractivity contribution in [1.29, 1.82) is 0 Å². The van der Waals surface area contributed by atoms with Crippen molar-refractivity contribution in [2.45, 2.75) is 12.3 Å². The summed E-state index contributed by atoms with van der Waals surface area (Å²) in [6, 6.07) is 11.6. The first-order valence-corrected chi connectivity index (χ1v) is 6.72. The maximum absolute atomic E-state index is 12.2. The molecule has 0 radical (unpaired) electrons. The van der Waals surface area contributed by atoms with E-state index in [0.717, 1.165) is 17.7 Å². The maximum Gasteiger partial charge on any atom is 0.228 e. The van der Waals surface area contributed by atoms with Gasteiger partial charge in [0.15, 0.2) is 0 Å². The highest BCUT2D eigenvalue weighted by atomic mass is 16.1. The molecule has 5 heteroatoms. The van der Waals surface area contributed by atoms with Gasteiger partial charge in [-0.15, -0.1) is 0 Å². The van der Waals surface area contributed by atoms with Gasteiger partial charge >= 0.3 is 0 Å². The summed E-state index contributed by atoms with van der Waals surface area (Å²) in [7, 11) is 1.88. The van der Waals surface area contributed by atoms with Gasteiger partial charge in [-0.1, -0.05) is 30.3 Å². The summed E-state index contributed by atoms with van der Waals surface area (Å²) >= 11 is 0. The van der Waals surface area contributed by atoms with Crippen LogP contribution < -0.4 is 11.1 Å². The van der Waals surface area contributed by atoms with Crippen molar-refractivity contribution >= 4 is 5.91 Å². The van der Waals surface area contributed by atoms with Crippen molar-refractivity contribution < 1.29 is 4.79 Å². The summed E-state index contributed by atoms with van der Waals surface area (Å²) in [6.07, 6.45) is 2.61. The maximum atomic E-state index is 12.2. The molecule has 1 atom stereocenters. The van der Waals surface area contributed by atoms with E-state index >= 15 is 0 Å². The van der Waals surface area contributed by atoms with E-state index in [4.69, 9.17) is 5.73 Å². The molecular formula is C15H20N4O. The van der Waals surface area contributed by atoms with Crippen molar-refractivity contribution in [2.24, 2.45) is 12.8 Å². The molecule has 3 N–H and O–H groups in total. The van der Waals surface area contributed by atoms with Gasteiger partial charge in [0.1, 0.15) is 0 Å². The van der Waals surface area contributed by atoms with E-state index < -0.39 is 0 Å². The average Bonchev–Trinajstić information content (AvgIpc) is 2.86. The lowest BCUT2D eigenvalue weighted by Crippen LogP contribution is -2.34. The zero-order chi connectivity index (χ0) is 14.4. The Morgan fingerprint density at radius 1 is 1.35 bits per heavy atom. The number of nitrogens with one attached hydrogen (secondary N) is 1. The van der Waals surface area contributed by atoms with Crippen LogP contribution in [0.3, 0.4) is 0 Å². The van der Waals surface area contributed by atoms with E-state index in [2.05, 4.69) is 10.4 Å². The van der Waals surface area contributed by atoms with E-state index in [1.54, 1.807) is 4.68 Å². The Bertz CT molecular complexity index is 550. The predicted octanol–water partition coefficient (Wildman–Crippen LogP) is 0.821. The zero-order valence-corrected chi connectivity index (χ0v) is 11.6. The van der Waals surface area contributed by atoms with Crippen LogP contribution in [0.1, 0.15) is 17.2 Å². The lowest BCUT2D eigenvalue weighted by atomic mass is 9.98. The summed E-state index contributed by atoms with van der Waals surface area (Å²) in [5.41, 5.74) is 7.63. The van der Waals surface area contributed by atoms with Crippen LogP contribution >= 0.6 is 0 Å². The second-order valence-corrected chi connectivity index (χ2v) is 4.72. The highest BCUT2D eigenvalue weighted by Gasteiger charge is 2.18. The van der Waals surface area contributed by atoms with E-state index in [1.165, 1.54) is 0 Å². The fourth-order valence-corrected chi connectivity index (χ4v) is 2.11. The largest absolute Gasteiger partial charge is 0.355 e. The molecule has 1 aromatic heterocycles. The fraction of sp³-hybridized carbons (Fsp3) is 0.333. The molecule has 0 aliphatic rings. The number of hydrogen-bond acceptors (Lipinski definition) is 3.